The zero-order chi connectivity index (χ0) is 8.60. The van der Waals surface area contributed by atoms with Crippen molar-refractivity contribution in [3.05, 3.63) is 17.1 Å². The SMILES string of the molecule is NC(c1ccns1)C1(O)CCC1. The summed E-state index contributed by atoms with van der Waals surface area (Å²) in [5, 5.41) is 9.90. The third-order valence-corrected chi connectivity index (χ3v) is 3.39. The minimum absolute atomic E-state index is 0.237. The molecule has 0 aliphatic heterocycles. The largest absolute Gasteiger partial charge is 0.388 e. The van der Waals surface area contributed by atoms with Gasteiger partial charge in [-0.1, -0.05) is 0 Å². The zero-order valence-corrected chi connectivity index (χ0v) is 7.55. The number of aliphatic hydroxyl groups is 1. The Labute approximate surface area is 75.4 Å². The number of hydrogen-bond acceptors (Lipinski definition) is 4. The summed E-state index contributed by atoms with van der Waals surface area (Å²) in [6.07, 6.45) is 4.46. The lowest BCUT2D eigenvalue weighted by Gasteiger charge is -2.40. The van der Waals surface area contributed by atoms with Gasteiger partial charge in [-0.05, 0) is 36.9 Å². The van der Waals surface area contributed by atoms with Gasteiger partial charge in [0, 0.05) is 11.1 Å². The molecular formula is C8H12N2OS. The van der Waals surface area contributed by atoms with Crippen LogP contribution in [0.4, 0.5) is 0 Å². The minimum Gasteiger partial charge on any atom is -0.388 e. The van der Waals surface area contributed by atoms with Crippen molar-refractivity contribution in [2.75, 3.05) is 0 Å². The molecule has 4 heteroatoms. The highest BCUT2D eigenvalue weighted by atomic mass is 32.1. The molecule has 12 heavy (non-hydrogen) atoms. The molecule has 0 aromatic carbocycles. The van der Waals surface area contributed by atoms with Crippen LogP contribution < -0.4 is 5.73 Å². The van der Waals surface area contributed by atoms with Gasteiger partial charge >= 0.3 is 0 Å². The van der Waals surface area contributed by atoms with Gasteiger partial charge in [-0.15, -0.1) is 0 Å². The Morgan fingerprint density at radius 1 is 1.67 bits per heavy atom. The van der Waals surface area contributed by atoms with Crippen molar-refractivity contribution in [2.24, 2.45) is 5.73 Å². The number of aromatic nitrogens is 1. The molecule has 3 nitrogen and oxygen atoms in total. The summed E-state index contributed by atoms with van der Waals surface area (Å²) in [5.74, 6) is 0. The fraction of sp³-hybridized carbons (Fsp3) is 0.625. The Morgan fingerprint density at radius 2 is 2.42 bits per heavy atom. The van der Waals surface area contributed by atoms with E-state index < -0.39 is 5.60 Å². The van der Waals surface area contributed by atoms with Crippen LogP contribution in [0.5, 0.6) is 0 Å². The highest BCUT2D eigenvalue weighted by Crippen LogP contribution is 2.41. The average molecular weight is 184 g/mol. The van der Waals surface area contributed by atoms with Gasteiger partial charge in [-0.3, -0.25) is 0 Å². The maximum absolute atomic E-state index is 9.90. The van der Waals surface area contributed by atoms with E-state index in [0.717, 1.165) is 24.1 Å². The van der Waals surface area contributed by atoms with Gasteiger partial charge in [0.25, 0.3) is 0 Å². The predicted molar refractivity (Wildman–Crippen MR) is 47.8 cm³/mol. The van der Waals surface area contributed by atoms with Crippen LogP contribution in [-0.4, -0.2) is 15.1 Å². The maximum Gasteiger partial charge on any atom is 0.0848 e. The van der Waals surface area contributed by atoms with Crippen LogP contribution in [0.1, 0.15) is 30.2 Å². The zero-order valence-electron chi connectivity index (χ0n) is 6.73. The van der Waals surface area contributed by atoms with Gasteiger partial charge in [-0.2, -0.15) is 0 Å². The standard InChI is InChI=1S/C8H12N2OS/c9-7(6-2-5-10-12-6)8(11)3-1-4-8/h2,5,7,11H,1,3-4,9H2. The topological polar surface area (TPSA) is 59.1 Å². The second kappa shape index (κ2) is 2.80. The summed E-state index contributed by atoms with van der Waals surface area (Å²) >= 11 is 1.37. The first-order chi connectivity index (χ1) is 5.72. The minimum atomic E-state index is -0.646. The number of rotatable bonds is 2. The van der Waals surface area contributed by atoms with Crippen molar-refractivity contribution in [1.82, 2.24) is 4.37 Å². The van der Waals surface area contributed by atoms with Crippen molar-refractivity contribution in [1.29, 1.82) is 0 Å². The van der Waals surface area contributed by atoms with Crippen molar-refractivity contribution in [3.63, 3.8) is 0 Å². The molecule has 0 bridgehead atoms. The van der Waals surface area contributed by atoms with Crippen molar-refractivity contribution >= 4 is 11.5 Å². The Kier molecular flexibility index (Phi) is 1.90. The van der Waals surface area contributed by atoms with Gasteiger partial charge in [0.2, 0.25) is 0 Å². The first kappa shape index (κ1) is 8.16. The lowest BCUT2D eigenvalue weighted by atomic mass is 9.74. The molecular weight excluding hydrogens is 172 g/mol. The molecule has 1 saturated carbocycles. The molecule has 1 unspecified atom stereocenters. The van der Waals surface area contributed by atoms with E-state index in [-0.39, 0.29) is 6.04 Å². The van der Waals surface area contributed by atoms with Crippen molar-refractivity contribution in [2.45, 2.75) is 30.9 Å². The quantitative estimate of drug-likeness (QED) is 0.722. The highest BCUT2D eigenvalue weighted by molar-refractivity contribution is 7.05. The van der Waals surface area contributed by atoms with E-state index >= 15 is 0 Å². The van der Waals surface area contributed by atoms with Gasteiger partial charge in [-0.25, -0.2) is 4.37 Å². The molecule has 1 aliphatic carbocycles. The van der Waals surface area contributed by atoms with Crippen LogP contribution in [0.3, 0.4) is 0 Å². The molecule has 66 valence electrons. The van der Waals surface area contributed by atoms with Crippen LogP contribution in [-0.2, 0) is 0 Å². The predicted octanol–water partition coefficient (Wildman–Crippen LogP) is 1.06. The molecule has 0 spiro atoms. The van der Waals surface area contributed by atoms with Gasteiger partial charge in [0.1, 0.15) is 0 Å². The van der Waals surface area contributed by atoms with Gasteiger partial charge in [0.05, 0.1) is 11.6 Å². The summed E-state index contributed by atoms with van der Waals surface area (Å²) in [5.41, 5.74) is 5.25. The third-order valence-electron chi connectivity index (χ3n) is 2.56. The van der Waals surface area contributed by atoms with Crippen molar-refractivity contribution < 1.29 is 5.11 Å². The molecule has 0 radical (unpaired) electrons. The van der Waals surface area contributed by atoms with E-state index in [1.165, 1.54) is 11.5 Å². The maximum atomic E-state index is 9.90. The van der Waals surface area contributed by atoms with Crippen LogP contribution in [0.25, 0.3) is 0 Å². The molecule has 1 atom stereocenters. The monoisotopic (exact) mass is 184 g/mol. The third kappa shape index (κ3) is 1.16. The van der Waals surface area contributed by atoms with Crippen LogP contribution >= 0.6 is 11.5 Å². The lowest BCUT2D eigenvalue weighted by molar-refractivity contribution is -0.0551. The number of hydrogen-bond donors (Lipinski definition) is 2. The molecule has 2 rings (SSSR count). The molecule has 1 heterocycles. The van der Waals surface area contributed by atoms with E-state index in [2.05, 4.69) is 4.37 Å². The van der Waals surface area contributed by atoms with E-state index in [4.69, 9.17) is 5.73 Å². The molecule has 1 aromatic rings. The Balaban J connectivity index is 2.14. The van der Waals surface area contributed by atoms with E-state index in [0.29, 0.717) is 0 Å². The summed E-state index contributed by atoms with van der Waals surface area (Å²) in [7, 11) is 0. The Bertz CT molecular complexity index is 256. The first-order valence-electron chi connectivity index (χ1n) is 4.11. The second-order valence-electron chi connectivity index (χ2n) is 3.35. The van der Waals surface area contributed by atoms with E-state index in [1.807, 2.05) is 6.07 Å². The second-order valence-corrected chi connectivity index (χ2v) is 4.21. The molecule has 0 amide bonds. The normalized spacial score (nSPS) is 23.2. The Hall–Kier alpha value is -0.450. The fourth-order valence-corrected chi connectivity index (χ4v) is 2.20. The van der Waals surface area contributed by atoms with Crippen LogP contribution in [0.15, 0.2) is 12.3 Å². The highest BCUT2D eigenvalue weighted by Gasteiger charge is 2.41. The van der Waals surface area contributed by atoms with Gasteiger partial charge < -0.3 is 10.8 Å². The van der Waals surface area contributed by atoms with E-state index in [9.17, 15) is 5.11 Å². The average Bonchev–Trinajstić information content (AvgIpc) is 2.50. The Morgan fingerprint density at radius 3 is 2.83 bits per heavy atom. The number of nitrogens with zero attached hydrogens (tertiary/aromatic N) is 1. The molecule has 0 saturated heterocycles. The van der Waals surface area contributed by atoms with Crippen LogP contribution in [0, 0.1) is 0 Å². The summed E-state index contributed by atoms with van der Waals surface area (Å²) in [6, 6.07) is 1.64. The molecule has 1 fully saturated rings. The number of nitrogens with two attached hydrogens (primary N) is 1. The molecule has 1 aliphatic rings. The van der Waals surface area contributed by atoms with Gasteiger partial charge in [0.15, 0.2) is 0 Å². The summed E-state index contributed by atoms with van der Waals surface area (Å²) < 4.78 is 3.97. The van der Waals surface area contributed by atoms with E-state index in [1.54, 1.807) is 6.20 Å². The molecule has 1 aromatic heterocycles. The molecule has 3 N–H and O–H groups in total. The smallest absolute Gasteiger partial charge is 0.0848 e. The van der Waals surface area contributed by atoms with Crippen molar-refractivity contribution in [3.8, 4) is 0 Å². The summed E-state index contributed by atoms with van der Waals surface area (Å²) in [4.78, 5) is 0.984. The van der Waals surface area contributed by atoms with Crippen LogP contribution in [0.2, 0.25) is 0 Å². The fourth-order valence-electron chi connectivity index (χ4n) is 1.50. The summed E-state index contributed by atoms with van der Waals surface area (Å²) in [6.45, 7) is 0. The first-order valence-corrected chi connectivity index (χ1v) is 4.88. The lowest BCUT2D eigenvalue weighted by Crippen LogP contribution is -2.46.